The van der Waals surface area contributed by atoms with Gasteiger partial charge in [-0.25, -0.2) is 4.79 Å². The normalized spacial score (nSPS) is 14.2. The SMILES string of the molecule is CNC(=O)NP(=O)(NC(C)=O)SC(C)C. The Morgan fingerprint density at radius 3 is 2.13 bits per heavy atom. The summed E-state index contributed by atoms with van der Waals surface area (Å²) < 4.78 is 12.1. The smallest absolute Gasteiger partial charge is 0.321 e. The first-order valence-electron chi connectivity index (χ1n) is 4.36. The minimum Gasteiger partial charge on any atom is -0.341 e. The van der Waals surface area contributed by atoms with Gasteiger partial charge in [-0.2, -0.15) is 0 Å². The predicted molar refractivity (Wildman–Crippen MR) is 61.7 cm³/mol. The summed E-state index contributed by atoms with van der Waals surface area (Å²) in [5.74, 6) is -0.442. The highest BCUT2D eigenvalue weighted by molar-refractivity contribution is 8.57. The van der Waals surface area contributed by atoms with Gasteiger partial charge in [-0.15, -0.1) is 0 Å². The van der Waals surface area contributed by atoms with E-state index in [1.165, 1.54) is 14.0 Å². The molecule has 0 aliphatic rings. The highest BCUT2D eigenvalue weighted by Gasteiger charge is 2.27. The summed E-state index contributed by atoms with van der Waals surface area (Å²) in [4.78, 5) is 21.9. The molecule has 0 aromatic rings. The fraction of sp³-hybridized carbons (Fsp3) is 0.714. The fourth-order valence-electron chi connectivity index (χ4n) is 0.774. The van der Waals surface area contributed by atoms with Crippen LogP contribution in [0.2, 0.25) is 0 Å². The van der Waals surface area contributed by atoms with E-state index in [0.29, 0.717) is 0 Å². The van der Waals surface area contributed by atoms with Crippen LogP contribution in [-0.4, -0.2) is 24.2 Å². The Morgan fingerprint density at radius 1 is 1.27 bits per heavy atom. The first kappa shape index (κ1) is 14.3. The number of hydrogen-bond acceptors (Lipinski definition) is 4. The lowest BCUT2D eigenvalue weighted by Crippen LogP contribution is -2.35. The van der Waals surface area contributed by atoms with Crippen LogP contribution in [0.25, 0.3) is 0 Å². The molecular weight excluding hydrogens is 237 g/mol. The Bertz CT molecular complexity index is 295. The number of rotatable bonds is 4. The second kappa shape index (κ2) is 6.02. The second-order valence-corrected chi connectivity index (χ2v) is 7.94. The molecule has 8 heteroatoms. The number of nitrogens with one attached hydrogen (secondary N) is 3. The molecule has 6 nitrogen and oxygen atoms in total. The van der Waals surface area contributed by atoms with E-state index >= 15 is 0 Å². The summed E-state index contributed by atoms with van der Waals surface area (Å²) in [6.07, 6.45) is 0. The molecule has 3 N–H and O–H groups in total. The van der Waals surface area contributed by atoms with Crippen molar-refractivity contribution in [3.05, 3.63) is 0 Å². The zero-order valence-electron chi connectivity index (χ0n) is 9.16. The molecule has 0 spiro atoms. The lowest BCUT2D eigenvalue weighted by molar-refractivity contribution is -0.117. The van der Waals surface area contributed by atoms with Crippen molar-refractivity contribution in [3.63, 3.8) is 0 Å². The molecule has 0 saturated carbocycles. The lowest BCUT2D eigenvalue weighted by Gasteiger charge is -2.20. The van der Waals surface area contributed by atoms with Crippen LogP contribution in [0.5, 0.6) is 0 Å². The quantitative estimate of drug-likeness (QED) is 0.659. The summed E-state index contributed by atoms with van der Waals surface area (Å²) in [7, 11) is 1.41. The molecule has 0 bridgehead atoms. The maximum absolute atomic E-state index is 12.1. The van der Waals surface area contributed by atoms with Gasteiger partial charge < -0.3 is 5.32 Å². The summed E-state index contributed by atoms with van der Waals surface area (Å²) in [5.41, 5.74) is 0. The van der Waals surface area contributed by atoms with Gasteiger partial charge in [-0.3, -0.25) is 19.5 Å². The first-order chi connectivity index (χ1) is 6.79. The van der Waals surface area contributed by atoms with E-state index < -0.39 is 18.6 Å². The third kappa shape index (κ3) is 6.41. The monoisotopic (exact) mass is 253 g/mol. The molecule has 0 fully saturated rings. The molecule has 0 saturated heterocycles. The van der Waals surface area contributed by atoms with Gasteiger partial charge in [-0.05, 0) is 0 Å². The van der Waals surface area contributed by atoms with E-state index in [4.69, 9.17) is 0 Å². The number of carbonyl (C=O) groups is 2. The largest absolute Gasteiger partial charge is 0.341 e. The van der Waals surface area contributed by atoms with Crippen molar-refractivity contribution in [2.75, 3.05) is 7.05 Å². The summed E-state index contributed by atoms with van der Waals surface area (Å²) in [6.45, 7) is 1.65. The third-order valence-corrected chi connectivity index (χ3v) is 5.67. The molecule has 0 radical (unpaired) electrons. The molecule has 3 amide bonds. The van der Waals surface area contributed by atoms with Gasteiger partial charge >= 0.3 is 12.7 Å². The van der Waals surface area contributed by atoms with Gasteiger partial charge in [0.15, 0.2) is 0 Å². The van der Waals surface area contributed by atoms with Crippen LogP contribution < -0.4 is 15.5 Å². The van der Waals surface area contributed by atoms with Crippen LogP contribution in [0.15, 0.2) is 0 Å². The molecule has 1 atom stereocenters. The van der Waals surface area contributed by atoms with Gasteiger partial charge in [0.05, 0.1) is 0 Å². The van der Waals surface area contributed by atoms with Gasteiger partial charge in [-0.1, -0.05) is 25.2 Å². The molecule has 0 aromatic heterocycles. The molecule has 15 heavy (non-hydrogen) atoms. The summed E-state index contributed by atoms with van der Waals surface area (Å²) in [6, 6.07) is -0.583. The van der Waals surface area contributed by atoms with Crippen LogP contribution in [0.3, 0.4) is 0 Å². The van der Waals surface area contributed by atoms with Crippen molar-refractivity contribution >= 4 is 30.0 Å². The second-order valence-electron chi connectivity index (χ2n) is 3.06. The van der Waals surface area contributed by atoms with Gasteiger partial charge in [0.1, 0.15) is 0 Å². The van der Waals surface area contributed by atoms with E-state index in [9.17, 15) is 14.2 Å². The molecule has 1 unspecified atom stereocenters. The fourth-order valence-corrected chi connectivity index (χ4v) is 5.06. The minimum atomic E-state index is -3.25. The number of hydrogen-bond donors (Lipinski definition) is 3. The number of carbonyl (C=O) groups excluding carboxylic acids is 2. The van der Waals surface area contributed by atoms with Gasteiger partial charge in [0.25, 0.3) is 0 Å². The zero-order valence-corrected chi connectivity index (χ0v) is 10.9. The lowest BCUT2D eigenvalue weighted by atomic mass is 10.6. The molecule has 0 heterocycles. The minimum absolute atomic E-state index is 0.0276. The van der Waals surface area contributed by atoms with E-state index in [-0.39, 0.29) is 5.25 Å². The summed E-state index contributed by atoms with van der Waals surface area (Å²) in [5, 5.41) is 6.81. The first-order valence-corrected chi connectivity index (χ1v) is 7.55. The van der Waals surface area contributed by atoms with E-state index in [0.717, 1.165) is 11.4 Å². The number of amides is 3. The zero-order chi connectivity index (χ0) is 12.1. The van der Waals surface area contributed by atoms with Crippen molar-refractivity contribution in [2.45, 2.75) is 26.0 Å². The van der Waals surface area contributed by atoms with Crippen molar-refractivity contribution in [3.8, 4) is 0 Å². The van der Waals surface area contributed by atoms with E-state index in [1.807, 2.05) is 13.8 Å². The Kier molecular flexibility index (Phi) is 5.75. The Balaban J connectivity index is 4.62. The molecule has 0 rings (SSSR count). The van der Waals surface area contributed by atoms with Crippen molar-refractivity contribution in [1.82, 2.24) is 15.5 Å². The van der Waals surface area contributed by atoms with E-state index in [2.05, 4.69) is 15.5 Å². The topological polar surface area (TPSA) is 87.3 Å². The van der Waals surface area contributed by atoms with Crippen molar-refractivity contribution in [2.24, 2.45) is 0 Å². The standard InChI is InChI=1S/C7H16N3O3PS/c1-5(2)15-14(13,9-6(3)11)10-7(12)8-4/h5H,1-4H3,(H3,8,9,10,11,12,13). The molecule has 88 valence electrons. The maximum Gasteiger partial charge on any atom is 0.321 e. The van der Waals surface area contributed by atoms with Crippen molar-refractivity contribution < 1.29 is 14.2 Å². The van der Waals surface area contributed by atoms with Crippen LogP contribution in [-0.2, 0) is 9.36 Å². The molecule has 0 aromatic carbocycles. The van der Waals surface area contributed by atoms with Crippen LogP contribution >= 0.6 is 18.0 Å². The van der Waals surface area contributed by atoms with Crippen LogP contribution in [0.1, 0.15) is 20.8 Å². The molecule has 0 aliphatic heterocycles. The molecule has 0 aliphatic carbocycles. The highest BCUT2D eigenvalue weighted by Crippen LogP contribution is 2.52. The number of urea groups is 1. The average Bonchev–Trinajstić information content (AvgIpc) is 1.99. The Labute approximate surface area is 93.2 Å². The Hall–Kier alpha value is -0.680. The molecular formula is C7H16N3O3PS. The van der Waals surface area contributed by atoms with E-state index in [1.54, 1.807) is 0 Å². The maximum atomic E-state index is 12.1. The predicted octanol–water partition coefficient (Wildman–Crippen LogP) is 1.30. The van der Waals surface area contributed by atoms with Crippen LogP contribution in [0.4, 0.5) is 4.79 Å². The van der Waals surface area contributed by atoms with Gasteiger partial charge in [0.2, 0.25) is 5.91 Å². The average molecular weight is 253 g/mol. The Morgan fingerprint density at radius 2 is 1.80 bits per heavy atom. The highest BCUT2D eigenvalue weighted by atomic mass is 32.7. The van der Waals surface area contributed by atoms with Gasteiger partial charge in [0, 0.05) is 19.2 Å². The van der Waals surface area contributed by atoms with Crippen LogP contribution in [0, 0.1) is 0 Å². The summed E-state index contributed by atoms with van der Waals surface area (Å²) >= 11 is 1.03. The van der Waals surface area contributed by atoms with Crippen molar-refractivity contribution in [1.29, 1.82) is 0 Å². The third-order valence-electron chi connectivity index (χ3n) is 1.14.